The Kier molecular flexibility index (Phi) is 4.76. The zero-order chi connectivity index (χ0) is 20.7. The van der Waals surface area contributed by atoms with Gasteiger partial charge >= 0.3 is 0 Å². The number of fused-ring (bicyclic) bond motifs is 2. The molecule has 0 radical (unpaired) electrons. The highest BCUT2D eigenvalue weighted by atomic mass is 32.1. The van der Waals surface area contributed by atoms with Crippen LogP contribution in [0.15, 0.2) is 52.2 Å². The molecule has 7 nitrogen and oxygen atoms in total. The smallest absolute Gasteiger partial charge is 0.263 e. The number of amides is 1. The minimum atomic E-state index is -0.200. The fourth-order valence-electron chi connectivity index (χ4n) is 3.36. The van der Waals surface area contributed by atoms with Crippen LogP contribution < -0.4 is 15.0 Å². The lowest BCUT2D eigenvalue weighted by Crippen LogP contribution is -2.33. The van der Waals surface area contributed by atoms with E-state index in [4.69, 9.17) is 9.47 Å². The third kappa shape index (κ3) is 3.35. The lowest BCUT2D eigenvalue weighted by molar-refractivity contribution is -0.131. The van der Waals surface area contributed by atoms with E-state index in [1.165, 1.54) is 22.2 Å². The number of aromatic nitrogens is 2. The lowest BCUT2D eigenvalue weighted by Gasteiger charge is -2.18. The number of carbonyl (C=O) groups excluding carboxylic acids is 1. The second-order valence-corrected chi connectivity index (χ2v) is 8.73. The maximum atomic E-state index is 13.1. The van der Waals surface area contributed by atoms with Gasteiger partial charge in [0.1, 0.15) is 11.4 Å². The number of carbonyl (C=O) groups is 1. The Hall–Kier alpha value is -3.17. The fourth-order valence-corrected chi connectivity index (χ4v) is 5.08. The van der Waals surface area contributed by atoms with Gasteiger partial charge in [0.15, 0.2) is 11.5 Å². The Morgan fingerprint density at radius 1 is 1.23 bits per heavy atom. The summed E-state index contributed by atoms with van der Waals surface area (Å²) in [5.74, 6) is 1.21. The first kappa shape index (κ1) is 18.8. The van der Waals surface area contributed by atoms with Gasteiger partial charge in [-0.25, -0.2) is 4.98 Å². The molecule has 4 heterocycles. The van der Waals surface area contributed by atoms with Gasteiger partial charge in [0.2, 0.25) is 12.7 Å². The van der Waals surface area contributed by atoms with E-state index in [1.807, 2.05) is 41.1 Å². The van der Waals surface area contributed by atoms with Crippen LogP contribution in [-0.2, 0) is 17.9 Å². The van der Waals surface area contributed by atoms with Crippen molar-refractivity contribution >= 4 is 38.8 Å². The first-order chi connectivity index (χ1) is 14.6. The van der Waals surface area contributed by atoms with Gasteiger partial charge in [-0.3, -0.25) is 14.2 Å². The number of thiophene rings is 2. The molecule has 0 N–H and O–H groups in total. The Balaban J connectivity index is 1.37. The molecule has 0 fully saturated rings. The van der Waals surface area contributed by atoms with Crippen LogP contribution in [0.4, 0.5) is 0 Å². The Morgan fingerprint density at radius 2 is 2.10 bits per heavy atom. The highest BCUT2D eigenvalue weighted by Gasteiger charge is 2.18. The molecule has 152 valence electrons. The standard InChI is InChI=1S/C21H17N3O4S2/c1-23(8-13-4-5-15-16(7-13)28-12-27-15)18(25)9-24-11-22-20-19(21(24)26)14(10-30-20)17-3-2-6-29-17/h2-7,10-11H,8-9,12H2,1H3. The van der Waals surface area contributed by atoms with E-state index in [2.05, 4.69) is 4.98 Å². The molecule has 30 heavy (non-hydrogen) atoms. The van der Waals surface area contributed by atoms with Crippen molar-refractivity contribution in [2.75, 3.05) is 13.8 Å². The third-order valence-electron chi connectivity index (χ3n) is 4.94. The predicted molar refractivity (Wildman–Crippen MR) is 116 cm³/mol. The van der Waals surface area contributed by atoms with Gasteiger partial charge in [0, 0.05) is 29.4 Å². The molecule has 0 saturated carbocycles. The van der Waals surface area contributed by atoms with Crippen molar-refractivity contribution in [1.82, 2.24) is 14.5 Å². The monoisotopic (exact) mass is 439 g/mol. The van der Waals surface area contributed by atoms with Crippen molar-refractivity contribution in [2.45, 2.75) is 13.1 Å². The van der Waals surface area contributed by atoms with Crippen LogP contribution in [-0.4, -0.2) is 34.2 Å². The zero-order valence-corrected chi connectivity index (χ0v) is 17.7. The normalized spacial score (nSPS) is 12.4. The van der Waals surface area contributed by atoms with E-state index in [0.717, 1.165) is 16.0 Å². The quantitative estimate of drug-likeness (QED) is 0.475. The van der Waals surface area contributed by atoms with Crippen LogP contribution in [0.3, 0.4) is 0 Å². The number of rotatable bonds is 5. The lowest BCUT2D eigenvalue weighted by atomic mass is 10.2. The predicted octanol–water partition coefficient (Wildman–Crippen LogP) is 3.57. The molecule has 1 aliphatic rings. The molecule has 0 unspecified atom stereocenters. The summed E-state index contributed by atoms with van der Waals surface area (Å²) in [6.07, 6.45) is 1.45. The van der Waals surface area contributed by atoms with E-state index in [9.17, 15) is 9.59 Å². The number of likely N-dealkylation sites (N-methyl/N-ethyl adjacent to an activating group) is 1. The molecule has 0 atom stereocenters. The first-order valence-electron chi connectivity index (χ1n) is 9.23. The molecule has 1 aromatic carbocycles. The Morgan fingerprint density at radius 3 is 2.93 bits per heavy atom. The van der Waals surface area contributed by atoms with Crippen LogP contribution >= 0.6 is 22.7 Å². The number of ether oxygens (including phenoxy) is 2. The molecular formula is C21H17N3O4S2. The van der Waals surface area contributed by atoms with Crippen LogP contribution in [0.25, 0.3) is 20.7 Å². The van der Waals surface area contributed by atoms with Gasteiger partial charge in [0.25, 0.3) is 5.56 Å². The van der Waals surface area contributed by atoms with Gasteiger partial charge in [0.05, 0.1) is 11.7 Å². The van der Waals surface area contributed by atoms with Gasteiger partial charge in [-0.2, -0.15) is 0 Å². The largest absolute Gasteiger partial charge is 0.454 e. The zero-order valence-electron chi connectivity index (χ0n) is 16.0. The Labute approximate surface area is 179 Å². The maximum absolute atomic E-state index is 13.1. The van der Waals surface area contributed by atoms with Crippen LogP contribution in [0.5, 0.6) is 11.5 Å². The van der Waals surface area contributed by atoms with E-state index >= 15 is 0 Å². The second kappa shape index (κ2) is 7.58. The van der Waals surface area contributed by atoms with E-state index in [0.29, 0.717) is 28.3 Å². The second-order valence-electron chi connectivity index (χ2n) is 6.92. The van der Waals surface area contributed by atoms with Crippen LogP contribution in [0.2, 0.25) is 0 Å². The first-order valence-corrected chi connectivity index (χ1v) is 11.0. The highest BCUT2D eigenvalue weighted by Crippen LogP contribution is 2.34. The fraction of sp³-hybridized carbons (Fsp3) is 0.190. The number of hydrogen-bond acceptors (Lipinski definition) is 7. The molecule has 0 aliphatic carbocycles. The number of hydrogen-bond donors (Lipinski definition) is 0. The molecule has 3 aromatic heterocycles. The summed E-state index contributed by atoms with van der Waals surface area (Å²) < 4.78 is 12.1. The van der Waals surface area contributed by atoms with E-state index < -0.39 is 0 Å². The molecule has 0 bridgehead atoms. The summed E-state index contributed by atoms with van der Waals surface area (Å²) in [4.78, 5) is 33.5. The summed E-state index contributed by atoms with van der Waals surface area (Å²) in [7, 11) is 1.71. The summed E-state index contributed by atoms with van der Waals surface area (Å²) in [5, 5.41) is 4.49. The number of nitrogens with zero attached hydrogens (tertiary/aromatic N) is 3. The minimum absolute atomic E-state index is 0.0669. The topological polar surface area (TPSA) is 73.7 Å². The van der Waals surface area contributed by atoms with Crippen LogP contribution in [0, 0.1) is 0 Å². The molecule has 1 aliphatic heterocycles. The maximum Gasteiger partial charge on any atom is 0.263 e. The third-order valence-corrected chi connectivity index (χ3v) is 6.72. The van der Waals surface area contributed by atoms with Crippen molar-refractivity contribution in [1.29, 1.82) is 0 Å². The molecule has 4 aromatic rings. The van der Waals surface area contributed by atoms with Crippen LogP contribution in [0.1, 0.15) is 5.56 Å². The van der Waals surface area contributed by atoms with Crippen molar-refractivity contribution in [3.05, 3.63) is 63.3 Å². The molecule has 9 heteroatoms. The van der Waals surface area contributed by atoms with E-state index in [1.54, 1.807) is 23.3 Å². The van der Waals surface area contributed by atoms with Crippen molar-refractivity contribution in [3.63, 3.8) is 0 Å². The number of benzene rings is 1. The summed E-state index contributed by atoms with van der Waals surface area (Å²) in [6.45, 7) is 0.545. The van der Waals surface area contributed by atoms with Crippen molar-refractivity contribution in [3.8, 4) is 21.9 Å². The molecule has 5 rings (SSSR count). The minimum Gasteiger partial charge on any atom is -0.454 e. The van der Waals surface area contributed by atoms with Crippen molar-refractivity contribution < 1.29 is 14.3 Å². The summed E-state index contributed by atoms with van der Waals surface area (Å²) >= 11 is 3.01. The summed E-state index contributed by atoms with van der Waals surface area (Å²) in [5.41, 5.74) is 1.60. The molecular weight excluding hydrogens is 422 g/mol. The van der Waals surface area contributed by atoms with Gasteiger partial charge < -0.3 is 14.4 Å². The van der Waals surface area contributed by atoms with Gasteiger partial charge in [-0.15, -0.1) is 22.7 Å². The van der Waals surface area contributed by atoms with Crippen molar-refractivity contribution in [2.24, 2.45) is 0 Å². The average molecular weight is 440 g/mol. The molecule has 0 spiro atoms. The summed E-state index contributed by atoms with van der Waals surface area (Å²) in [6, 6.07) is 9.53. The molecule has 0 saturated heterocycles. The molecule has 1 amide bonds. The van der Waals surface area contributed by atoms with Gasteiger partial charge in [-0.05, 0) is 29.1 Å². The SMILES string of the molecule is CN(Cc1ccc2c(c1)OCO2)C(=O)Cn1cnc2scc(-c3cccs3)c2c1=O. The Bertz CT molecular complexity index is 1290. The highest BCUT2D eigenvalue weighted by molar-refractivity contribution is 7.18. The van der Waals surface area contributed by atoms with Gasteiger partial charge in [-0.1, -0.05) is 12.1 Å². The van der Waals surface area contributed by atoms with E-state index in [-0.39, 0.29) is 24.8 Å². The average Bonchev–Trinajstić information content (AvgIpc) is 3.49.